The number of phenolic OH excluding ortho intramolecular Hbond substituents is 1. The van der Waals surface area contributed by atoms with Crippen molar-refractivity contribution >= 4 is 0 Å². The van der Waals surface area contributed by atoms with Crippen molar-refractivity contribution < 1.29 is 19.3 Å². The molecule has 116 valence electrons. The molecular formula is C18H20O4. The zero-order chi connectivity index (χ0) is 15.5. The fourth-order valence-electron chi connectivity index (χ4n) is 2.77. The molecule has 1 aliphatic heterocycles. The van der Waals surface area contributed by atoms with Crippen LogP contribution in [-0.2, 0) is 6.42 Å². The van der Waals surface area contributed by atoms with E-state index in [9.17, 15) is 5.11 Å². The average Bonchev–Trinajstić information content (AvgIpc) is 2.54. The third kappa shape index (κ3) is 2.82. The summed E-state index contributed by atoms with van der Waals surface area (Å²) < 4.78 is 17.1. The Morgan fingerprint density at radius 2 is 2.09 bits per heavy atom. The molecule has 22 heavy (non-hydrogen) atoms. The Morgan fingerprint density at radius 1 is 1.23 bits per heavy atom. The Labute approximate surface area is 130 Å². The third-order valence-corrected chi connectivity index (χ3v) is 3.86. The van der Waals surface area contributed by atoms with Crippen LogP contribution in [0.25, 0.3) is 0 Å². The maximum atomic E-state index is 9.63. The molecule has 0 saturated heterocycles. The van der Waals surface area contributed by atoms with Crippen LogP contribution in [0.3, 0.4) is 0 Å². The van der Waals surface area contributed by atoms with Crippen LogP contribution in [0, 0.1) is 0 Å². The van der Waals surface area contributed by atoms with Crippen molar-refractivity contribution in [1.82, 2.24) is 0 Å². The lowest BCUT2D eigenvalue weighted by molar-refractivity contribution is 0.170. The summed E-state index contributed by atoms with van der Waals surface area (Å²) in [5, 5.41) is 9.63. The van der Waals surface area contributed by atoms with E-state index in [2.05, 4.69) is 0 Å². The zero-order valence-corrected chi connectivity index (χ0v) is 12.8. The van der Waals surface area contributed by atoms with Crippen molar-refractivity contribution in [3.8, 4) is 23.0 Å². The van der Waals surface area contributed by atoms with Crippen molar-refractivity contribution in [2.75, 3.05) is 13.7 Å². The summed E-state index contributed by atoms with van der Waals surface area (Å²) in [6.45, 7) is 2.54. The maximum absolute atomic E-state index is 9.63. The molecule has 1 heterocycles. The van der Waals surface area contributed by atoms with Crippen molar-refractivity contribution in [2.45, 2.75) is 25.9 Å². The SMILES string of the molecule is CCOc1cc(OC)ccc1C1CCc2ccc(O)cc2O1. The first-order chi connectivity index (χ1) is 10.7. The molecule has 4 nitrogen and oxygen atoms in total. The van der Waals surface area contributed by atoms with Gasteiger partial charge in [-0.2, -0.15) is 0 Å². The highest BCUT2D eigenvalue weighted by molar-refractivity contribution is 5.46. The Balaban J connectivity index is 1.91. The van der Waals surface area contributed by atoms with E-state index in [-0.39, 0.29) is 11.9 Å². The van der Waals surface area contributed by atoms with Gasteiger partial charge in [-0.1, -0.05) is 6.07 Å². The first-order valence-electron chi connectivity index (χ1n) is 7.50. The summed E-state index contributed by atoms with van der Waals surface area (Å²) in [7, 11) is 1.64. The summed E-state index contributed by atoms with van der Waals surface area (Å²) in [5.74, 6) is 2.52. The molecule has 4 heteroatoms. The van der Waals surface area contributed by atoms with E-state index >= 15 is 0 Å². The van der Waals surface area contributed by atoms with Gasteiger partial charge in [-0.3, -0.25) is 0 Å². The van der Waals surface area contributed by atoms with Crippen molar-refractivity contribution in [2.24, 2.45) is 0 Å². The topological polar surface area (TPSA) is 47.9 Å². The Bertz CT molecular complexity index is 666. The number of rotatable bonds is 4. The van der Waals surface area contributed by atoms with Crippen LogP contribution in [0.2, 0.25) is 0 Å². The second kappa shape index (κ2) is 6.18. The average molecular weight is 300 g/mol. The van der Waals surface area contributed by atoms with Gasteiger partial charge in [0.15, 0.2) is 0 Å². The van der Waals surface area contributed by atoms with Crippen LogP contribution in [0.4, 0.5) is 0 Å². The van der Waals surface area contributed by atoms with E-state index in [4.69, 9.17) is 14.2 Å². The summed E-state index contributed by atoms with van der Waals surface area (Å²) in [6.07, 6.45) is 1.71. The standard InChI is InChI=1S/C18H20O4/c1-3-21-18-11-14(20-2)7-8-15(18)16-9-5-12-4-6-13(19)10-17(12)22-16/h4,6-8,10-11,16,19H,3,5,9H2,1-2H3. The van der Waals surface area contributed by atoms with Gasteiger partial charge in [0.2, 0.25) is 0 Å². The van der Waals surface area contributed by atoms with Gasteiger partial charge in [-0.25, -0.2) is 0 Å². The van der Waals surface area contributed by atoms with E-state index in [1.807, 2.05) is 31.2 Å². The van der Waals surface area contributed by atoms with Crippen molar-refractivity contribution in [3.05, 3.63) is 47.5 Å². The summed E-state index contributed by atoms with van der Waals surface area (Å²) in [4.78, 5) is 0. The summed E-state index contributed by atoms with van der Waals surface area (Å²) >= 11 is 0. The first kappa shape index (κ1) is 14.6. The zero-order valence-electron chi connectivity index (χ0n) is 12.8. The second-order valence-electron chi connectivity index (χ2n) is 5.27. The summed E-state index contributed by atoms with van der Waals surface area (Å²) in [5.41, 5.74) is 2.14. The lowest BCUT2D eigenvalue weighted by atomic mass is 9.96. The van der Waals surface area contributed by atoms with Crippen LogP contribution in [0.1, 0.15) is 30.6 Å². The minimum atomic E-state index is -0.0817. The molecule has 0 saturated carbocycles. The molecule has 1 aliphatic rings. The van der Waals surface area contributed by atoms with Crippen molar-refractivity contribution in [1.29, 1.82) is 0 Å². The highest BCUT2D eigenvalue weighted by Crippen LogP contribution is 2.40. The number of methoxy groups -OCH3 is 1. The number of hydrogen-bond acceptors (Lipinski definition) is 4. The molecule has 1 N–H and O–H groups in total. The normalized spacial score (nSPS) is 16.5. The van der Waals surface area contributed by atoms with Crippen LogP contribution in [-0.4, -0.2) is 18.8 Å². The number of fused-ring (bicyclic) bond motifs is 1. The van der Waals surface area contributed by atoms with Crippen LogP contribution < -0.4 is 14.2 Å². The maximum Gasteiger partial charge on any atom is 0.129 e. The highest BCUT2D eigenvalue weighted by atomic mass is 16.5. The smallest absolute Gasteiger partial charge is 0.129 e. The predicted octanol–water partition coefficient (Wildman–Crippen LogP) is 3.87. The van der Waals surface area contributed by atoms with Gasteiger partial charge in [-0.15, -0.1) is 0 Å². The quantitative estimate of drug-likeness (QED) is 0.931. The van der Waals surface area contributed by atoms with E-state index in [0.717, 1.165) is 41.2 Å². The van der Waals surface area contributed by atoms with Gasteiger partial charge < -0.3 is 19.3 Å². The molecule has 0 fully saturated rings. The molecule has 3 rings (SSSR count). The van der Waals surface area contributed by atoms with Crippen LogP contribution >= 0.6 is 0 Å². The largest absolute Gasteiger partial charge is 0.508 e. The number of phenols is 1. The molecule has 0 aliphatic carbocycles. The van der Waals surface area contributed by atoms with Crippen molar-refractivity contribution in [3.63, 3.8) is 0 Å². The Kier molecular flexibility index (Phi) is 4.09. The van der Waals surface area contributed by atoms with Gasteiger partial charge in [0.05, 0.1) is 13.7 Å². The van der Waals surface area contributed by atoms with E-state index in [1.54, 1.807) is 19.2 Å². The predicted molar refractivity (Wildman–Crippen MR) is 84.0 cm³/mol. The van der Waals surface area contributed by atoms with Crippen LogP contribution in [0.15, 0.2) is 36.4 Å². The fraction of sp³-hybridized carbons (Fsp3) is 0.333. The van der Waals surface area contributed by atoms with Gasteiger partial charge in [-0.05, 0) is 43.5 Å². The molecule has 0 amide bonds. The summed E-state index contributed by atoms with van der Waals surface area (Å²) in [6, 6.07) is 11.1. The molecule has 2 aromatic carbocycles. The monoisotopic (exact) mass is 300 g/mol. The molecule has 0 bridgehead atoms. The fourth-order valence-corrected chi connectivity index (χ4v) is 2.77. The lowest BCUT2D eigenvalue weighted by Gasteiger charge is -2.28. The minimum absolute atomic E-state index is 0.0817. The number of aryl methyl sites for hydroxylation is 1. The van der Waals surface area contributed by atoms with E-state index in [1.165, 1.54) is 0 Å². The number of benzene rings is 2. The van der Waals surface area contributed by atoms with E-state index in [0.29, 0.717) is 6.61 Å². The molecule has 0 aromatic heterocycles. The van der Waals surface area contributed by atoms with Gasteiger partial charge in [0.1, 0.15) is 29.1 Å². The molecule has 1 atom stereocenters. The first-order valence-corrected chi connectivity index (χ1v) is 7.50. The molecular weight excluding hydrogens is 280 g/mol. The Morgan fingerprint density at radius 3 is 2.86 bits per heavy atom. The van der Waals surface area contributed by atoms with Gasteiger partial charge in [0, 0.05) is 17.7 Å². The molecule has 2 aromatic rings. The molecule has 0 spiro atoms. The van der Waals surface area contributed by atoms with Crippen LogP contribution in [0.5, 0.6) is 23.0 Å². The second-order valence-corrected chi connectivity index (χ2v) is 5.27. The number of hydrogen-bond donors (Lipinski definition) is 1. The molecule has 0 radical (unpaired) electrons. The highest BCUT2D eigenvalue weighted by Gasteiger charge is 2.24. The number of aromatic hydroxyl groups is 1. The molecule has 1 unspecified atom stereocenters. The van der Waals surface area contributed by atoms with Gasteiger partial charge >= 0.3 is 0 Å². The van der Waals surface area contributed by atoms with Gasteiger partial charge in [0.25, 0.3) is 0 Å². The lowest BCUT2D eigenvalue weighted by Crippen LogP contribution is -2.16. The number of ether oxygens (including phenoxy) is 3. The minimum Gasteiger partial charge on any atom is -0.508 e. The third-order valence-electron chi connectivity index (χ3n) is 3.86. The van der Waals surface area contributed by atoms with E-state index < -0.39 is 0 Å². The Hall–Kier alpha value is -2.36.